The average Bonchev–Trinajstić information content (AvgIpc) is 1.69. The Kier molecular flexibility index (Phi) is 3.19. The van der Waals surface area contributed by atoms with Gasteiger partial charge in [0.05, 0.1) is 5.69 Å². The second-order valence-corrected chi connectivity index (χ2v) is 1.29. The Morgan fingerprint density at radius 1 is 1.50 bits per heavy atom. The minimum absolute atomic E-state index is 0. The van der Waals surface area contributed by atoms with E-state index in [0.29, 0.717) is 5.69 Å². The van der Waals surface area contributed by atoms with Crippen molar-refractivity contribution in [1.82, 2.24) is 4.98 Å². The molecule has 2 N–H and O–H groups in total. The summed E-state index contributed by atoms with van der Waals surface area (Å²) in [6.45, 7) is 0. The van der Waals surface area contributed by atoms with Crippen molar-refractivity contribution in [3.8, 4) is 0 Å². The van der Waals surface area contributed by atoms with Crippen LogP contribution in [0.25, 0.3) is 0 Å². The molecule has 3 heteroatoms. The first kappa shape index (κ1) is 7.43. The predicted octanol–water partition coefficient (Wildman–Crippen LogP) is 1.24. The first-order chi connectivity index (χ1) is 3.39. The topological polar surface area (TPSA) is 38.9 Å². The van der Waals surface area contributed by atoms with E-state index in [9.17, 15) is 0 Å². The third kappa shape index (κ3) is 1.93. The molecule has 0 unspecified atom stereocenters. The van der Waals surface area contributed by atoms with E-state index < -0.39 is 0 Å². The Labute approximate surface area is 58.5 Å². The quantitative estimate of drug-likeness (QED) is 0.644. The van der Waals surface area contributed by atoms with Gasteiger partial charge in [0.25, 0.3) is 0 Å². The van der Waals surface area contributed by atoms with E-state index in [1.807, 2.05) is 0 Å². The molecule has 0 fully saturated rings. The number of hydrogen-bond donors (Lipinski definition) is 1. The second-order valence-electron chi connectivity index (χ2n) is 1.29. The summed E-state index contributed by atoms with van der Waals surface area (Å²) in [7, 11) is 0. The van der Waals surface area contributed by atoms with Crippen LogP contribution in [0.15, 0.2) is 24.5 Å². The fourth-order valence-electron chi connectivity index (χ4n) is 0.376. The molecular weight excluding hydrogens is 168 g/mol. The van der Waals surface area contributed by atoms with Crippen molar-refractivity contribution in [3.63, 3.8) is 0 Å². The normalized spacial score (nSPS) is 7.50. The summed E-state index contributed by atoms with van der Waals surface area (Å²) in [6, 6.07) is 3.60. The summed E-state index contributed by atoms with van der Waals surface area (Å²) in [5, 5.41) is 0. The zero-order valence-electron chi connectivity index (χ0n) is 4.24. The van der Waals surface area contributed by atoms with Crippen LogP contribution in [0.2, 0.25) is 0 Å². The third-order valence-electron chi connectivity index (χ3n) is 0.684. The van der Waals surface area contributed by atoms with Crippen LogP contribution in [0.5, 0.6) is 0 Å². The molecule has 0 aliphatic rings. The number of nitrogens with two attached hydrogens (primary N) is 1. The summed E-state index contributed by atoms with van der Waals surface area (Å²) in [5.74, 6) is 0. The maximum atomic E-state index is 5.30. The van der Waals surface area contributed by atoms with E-state index in [4.69, 9.17) is 5.73 Å². The molecule has 0 radical (unpaired) electrons. The van der Waals surface area contributed by atoms with Crippen LogP contribution in [0.3, 0.4) is 0 Å². The van der Waals surface area contributed by atoms with Crippen LogP contribution >= 0.6 is 17.0 Å². The second kappa shape index (κ2) is 3.43. The molecule has 0 amide bonds. The lowest BCUT2D eigenvalue weighted by Crippen LogP contribution is -1.82. The van der Waals surface area contributed by atoms with Gasteiger partial charge in [0.2, 0.25) is 0 Å². The van der Waals surface area contributed by atoms with E-state index in [-0.39, 0.29) is 17.0 Å². The Morgan fingerprint density at radius 3 is 2.50 bits per heavy atom. The monoisotopic (exact) mass is 174 g/mol. The van der Waals surface area contributed by atoms with Crippen molar-refractivity contribution in [3.05, 3.63) is 24.5 Å². The lowest BCUT2D eigenvalue weighted by atomic mass is 10.4. The molecule has 0 aromatic carbocycles. The van der Waals surface area contributed by atoms with Crippen LogP contribution in [0.4, 0.5) is 5.69 Å². The third-order valence-corrected chi connectivity index (χ3v) is 0.684. The lowest BCUT2D eigenvalue weighted by Gasteiger charge is -1.83. The molecule has 0 aliphatic heterocycles. The number of nitrogens with zero attached hydrogens (tertiary/aromatic N) is 1. The van der Waals surface area contributed by atoms with Crippen molar-refractivity contribution in [1.29, 1.82) is 0 Å². The zero-order valence-corrected chi connectivity index (χ0v) is 5.96. The van der Waals surface area contributed by atoms with Crippen LogP contribution in [-0.2, 0) is 0 Å². The highest BCUT2D eigenvalue weighted by atomic mass is 79.9. The molecule has 0 saturated carbocycles. The number of hydrogen-bond acceptors (Lipinski definition) is 2. The van der Waals surface area contributed by atoms with Gasteiger partial charge in [-0.1, -0.05) is 0 Å². The summed E-state index contributed by atoms with van der Waals surface area (Å²) < 4.78 is 0. The summed E-state index contributed by atoms with van der Waals surface area (Å²) in [4.78, 5) is 3.76. The molecule has 1 aromatic heterocycles. The van der Waals surface area contributed by atoms with Gasteiger partial charge < -0.3 is 5.73 Å². The Balaban J connectivity index is 0.000000490. The van der Waals surface area contributed by atoms with Gasteiger partial charge in [-0.2, -0.15) is 0 Å². The highest BCUT2D eigenvalue weighted by Gasteiger charge is 1.73. The van der Waals surface area contributed by atoms with Crippen LogP contribution in [0, 0.1) is 0 Å². The number of halogens is 1. The summed E-state index contributed by atoms with van der Waals surface area (Å²) in [6.07, 6.45) is 3.30. The molecule has 1 aromatic rings. The largest absolute Gasteiger partial charge is 0.397 e. The van der Waals surface area contributed by atoms with Gasteiger partial charge in [-0.15, -0.1) is 17.0 Å². The fourth-order valence-corrected chi connectivity index (χ4v) is 0.376. The summed E-state index contributed by atoms with van der Waals surface area (Å²) >= 11 is 0. The molecular formula is C5H7BrN2. The van der Waals surface area contributed by atoms with Gasteiger partial charge in [-0.3, -0.25) is 4.98 Å². The van der Waals surface area contributed by atoms with E-state index in [1.165, 1.54) is 0 Å². The Hall–Kier alpha value is -0.570. The molecule has 44 valence electrons. The summed E-state index contributed by atoms with van der Waals surface area (Å²) in [5.41, 5.74) is 6.01. The number of rotatable bonds is 0. The van der Waals surface area contributed by atoms with Crippen LogP contribution in [0.1, 0.15) is 0 Å². The van der Waals surface area contributed by atoms with Crippen LogP contribution in [-0.4, -0.2) is 4.98 Å². The molecule has 0 spiro atoms. The molecule has 0 atom stereocenters. The Bertz CT molecular complexity index is 140. The molecule has 2 nitrogen and oxygen atoms in total. The van der Waals surface area contributed by atoms with Crippen molar-refractivity contribution < 1.29 is 0 Å². The molecule has 0 aliphatic carbocycles. The number of anilines is 1. The Morgan fingerprint density at radius 2 is 2.25 bits per heavy atom. The maximum absolute atomic E-state index is 5.30. The number of pyridine rings is 1. The van der Waals surface area contributed by atoms with Gasteiger partial charge in [-0.25, -0.2) is 0 Å². The smallest absolute Gasteiger partial charge is 0.0500 e. The van der Waals surface area contributed by atoms with E-state index in [0.717, 1.165) is 0 Å². The molecule has 0 bridgehead atoms. The van der Waals surface area contributed by atoms with Crippen molar-refractivity contribution >= 4 is 22.7 Å². The average molecular weight is 175 g/mol. The number of aromatic nitrogens is 1. The first-order valence-corrected chi connectivity index (χ1v) is 2.05. The highest BCUT2D eigenvalue weighted by molar-refractivity contribution is 8.93. The van der Waals surface area contributed by atoms with Crippen LogP contribution < -0.4 is 5.73 Å². The van der Waals surface area contributed by atoms with Gasteiger partial charge >= 0.3 is 0 Å². The zero-order chi connectivity index (χ0) is 5.11. The minimum Gasteiger partial charge on any atom is -0.397 e. The molecule has 8 heavy (non-hydrogen) atoms. The molecule has 0 saturated heterocycles. The minimum atomic E-state index is 0. The number of nitrogen functional groups attached to an aromatic ring is 1. The fraction of sp³-hybridized carbons (Fsp3) is 0. The van der Waals surface area contributed by atoms with Crippen molar-refractivity contribution in [2.75, 3.05) is 5.73 Å². The van der Waals surface area contributed by atoms with E-state index in [2.05, 4.69) is 4.98 Å². The van der Waals surface area contributed by atoms with Crippen molar-refractivity contribution in [2.24, 2.45) is 0 Å². The van der Waals surface area contributed by atoms with Crippen molar-refractivity contribution in [2.45, 2.75) is 0 Å². The lowest BCUT2D eigenvalue weighted by molar-refractivity contribution is 1.33. The molecule has 1 heterocycles. The van der Waals surface area contributed by atoms with Gasteiger partial charge in [-0.05, 0) is 12.1 Å². The predicted molar refractivity (Wildman–Crippen MR) is 39.0 cm³/mol. The van der Waals surface area contributed by atoms with E-state index in [1.54, 1.807) is 24.5 Å². The van der Waals surface area contributed by atoms with E-state index >= 15 is 0 Å². The van der Waals surface area contributed by atoms with Gasteiger partial charge in [0, 0.05) is 12.4 Å². The van der Waals surface area contributed by atoms with Gasteiger partial charge in [0.15, 0.2) is 0 Å². The maximum Gasteiger partial charge on any atom is 0.0500 e. The van der Waals surface area contributed by atoms with Gasteiger partial charge in [0.1, 0.15) is 0 Å². The first-order valence-electron chi connectivity index (χ1n) is 2.05. The standard InChI is InChI=1S/C5H6N2.BrH/c6-5-2-1-3-7-4-5;/h1-4H,6H2;1H. The SMILES string of the molecule is Br.Nc1cccnc1. The highest BCUT2D eigenvalue weighted by Crippen LogP contribution is 1.92. The molecule has 1 rings (SSSR count).